The summed E-state index contributed by atoms with van der Waals surface area (Å²) in [5.74, 6) is 0.0890. The van der Waals surface area contributed by atoms with E-state index in [9.17, 15) is 9.18 Å². The van der Waals surface area contributed by atoms with Crippen LogP contribution < -0.4 is 10.2 Å². The highest BCUT2D eigenvalue weighted by Crippen LogP contribution is 2.42. The van der Waals surface area contributed by atoms with Crippen LogP contribution in [0.1, 0.15) is 23.5 Å². The fraction of sp³-hybridized carbons (Fsp3) is 0.278. The van der Waals surface area contributed by atoms with E-state index in [-0.39, 0.29) is 17.9 Å². The van der Waals surface area contributed by atoms with E-state index in [4.69, 9.17) is 0 Å². The molecule has 2 amide bonds. The highest BCUT2D eigenvalue weighted by atomic mass is 19.1. The number of benzene rings is 2. The van der Waals surface area contributed by atoms with Gasteiger partial charge in [0.2, 0.25) is 0 Å². The zero-order valence-electron chi connectivity index (χ0n) is 12.7. The SMILES string of the molecule is Cc1ccccc1[C@@H]1C[C@H]1NC(=O)N(C)c1ccc(F)cc1. The topological polar surface area (TPSA) is 32.3 Å². The summed E-state index contributed by atoms with van der Waals surface area (Å²) >= 11 is 0. The van der Waals surface area contributed by atoms with Crippen molar-refractivity contribution in [3.63, 3.8) is 0 Å². The van der Waals surface area contributed by atoms with Gasteiger partial charge in [0.15, 0.2) is 0 Å². The highest BCUT2D eigenvalue weighted by Gasteiger charge is 2.40. The van der Waals surface area contributed by atoms with E-state index >= 15 is 0 Å². The molecule has 114 valence electrons. The van der Waals surface area contributed by atoms with E-state index in [0.29, 0.717) is 11.6 Å². The average Bonchev–Trinajstić information content (AvgIpc) is 3.26. The molecule has 1 aliphatic carbocycles. The van der Waals surface area contributed by atoms with Crippen molar-refractivity contribution >= 4 is 11.7 Å². The molecule has 2 atom stereocenters. The number of aryl methyl sites for hydroxylation is 1. The molecular formula is C18H19FN2O. The third-order valence-corrected chi connectivity index (χ3v) is 4.21. The number of carbonyl (C=O) groups excluding carboxylic acids is 1. The summed E-state index contributed by atoms with van der Waals surface area (Å²) in [5, 5.41) is 3.04. The number of carbonyl (C=O) groups is 1. The first-order valence-corrected chi connectivity index (χ1v) is 7.41. The lowest BCUT2D eigenvalue weighted by Gasteiger charge is -2.18. The van der Waals surface area contributed by atoms with Crippen molar-refractivity contribution in [3.8, 4) is 0 Å². The molecule has 1 fully saturated rings. The zero-order valence-corrected chi connectivity index (χ0v) is 12.7. The van der Waals surface area contributed by atoms with E-state index in [1.807, 2.05) is 12.1 Å². The van der Waals surface area contributed by atoms with Crippen LogP contribution in [-0.2, 0) is 0 Å². The molecule has 1 saturated carbocycles. The third-order valence-electron chi connectivity index (χ3n) is 4.21. The summed E-state index contributed by atoms with van der Waals surface area (Å²) in [7, 11) is 1.69. The van der Waals surface area contributed by atoms with Crippen molar-refractivity contribution in [1.29, 1.82) is 0 Å². The number of urea groups is 1. The minimum absolute atomic E-state index is 0.160. The number of rotatable bonds is 3. The Morgan fingerprint density at radius 3 is 2.55 bits per heavy atom. The quantitative estimate of drug-likeness (QED) is 0.917. The van der Waals surface area contributed by atoms with Gasteiger partial charge in [-0.3, -0.25) is 4.90 Å². The van der Waals surface area contributed by atoms with Gasteiger partial charge in [-0.25, -0.2) is 9.18 Å². The maximum atomic E-state index is 12.9. The zero-order chi connectivity index (χ0) is 15.7. The Morgan fingerprint density at radius 1 is 1.18 bits per heavy atom. The Labute approximate surface area is 129 Å². The molecule has 1 aliphatic rings. The maximum absolute atomic E-state index is 12.9. The van der Waals surface area contributed by atoms with Crippen LogP contribution in [0.4, 0.5) is 14.9 Å². The van der Waals surface area contributed by atoms with Gasteiger partial charge in [0, 0.05) is 24.7 Å². The van der Waals surface area contributed by atoms with Crippen LogP contribution in [-0.4, -0.2) is 19.1 Å². The number of nitrogens with one attached hydrogen (secondary N) is 1. The fourth-order valence-electron chi connectivity index (χ4n) is 2.74. The van der Waals surface area contributed by atoms with Gasteiger partial charge in [-0.15, -0.1) is 0 Å². The molecule has 1 N–H and O–H groups in total. The van der Waals surface area contributed by atoms with Crippen LogP contribution in [0.5, 0.6) is 0 Å². The van der Waals surface area contributed by atoms with Crippen LogP contribution >= 0.6 is 0 Å². The minimum atomic E-state index is -0.306. The first-order valence-electron chi connectivity index (χ1n) is 7.41. The Hall–Kier alpha value is -2.36. The lowest BCUT2D eigenvalue weighted by atomic mass is 10.0. The molecule has 0 unspecified atom stereocenters. The number of amides is 2. The van der Waals surface area contributed by atoms with E-state index in [1.54, 1.807) is 19.2 Å². The van der Waals surface area contributed by atoms with Crippen molar-refractivity contribution in [2.75, 3.05) is 11.9 Å². The van der Waals surface area contributed by atoms with Crippen molar-refractivity contribution in [3.05, 3.63) is 65.5 Å². The van der Waals surface area contributed by atoms with Crippen molar-refractivity contribution in [1.82, 2.24) is 5.32 Å². The van der Waals surface area contributed by atoms with Gasteiger partial charge < -0.3 is 5.32 Å². The summed E-state index contributed by atoms with van der Waals surface area (Å²) < 4.78 is 12.9. The molecule has 2 aromatic rings. The molecule has 22 heavy (non-hydrogen) atoms. The van der Waals surface area contributed by atoms with Gasteiger partial charge >= 0.3 is 6.03 Å². The predicted octanol–water partition coefficient (Wildman–Crippen LogP) is 3.84. The predicted molar refractivity (Wildman–Crippen MR) is 85.7 cm³/mol. The molecule has 0 aromatic heterocycles. The summed E-state index contributed by atoms with van der Waals surface area (Å²) in [6, 6.07) is 14.2. The Kier molecular flexibility index (Phi) is 3.84. The first-order chi connectivity index (χ1) is 10.6. The summed E-state index contributed by atoms with van der Waals surface area (Å²) in [4.78, 5) is 13.8. The summed E-state index contributed by atoms with van der Waals surface area (Å²) in [5.41, 5.74) is 3.24. The molecule has 0 saturated heterocycles. The Morgan fingerprint density at radius 2 is 1.86 bits per heavy atom. The number of halogens is 1. The molecule has 3 nitrogen and oxygen atoms in total. The lowest BCUT2D eigenvalue weighted by molar-refractivity contribution is 0.247. The van der Waals surface area contributed by atoms with Gasteiger partial charge in [0.25, 0.3) is 0 Å². The van der Waals surface area contributed by atoms with Gasteiger partial charge in [-0.05, 0) is 48.7 Å². The van der Waals surface area contributed by atoms with Crippen LogP contribution in [0.15, 0.2) is 48.5 Å². The number of hydrogen-bond donors (Lipinski definition) is 1. The van der Waals surface area contributed by atoms with Crippen LogP contribution in [0.25, 0.3) is 0 Å². The molecule has 0 bridgehead atoms. The van der Waals surface area contributed by atoms with Gasteiger partial charge in [0.05, 0.1) is 0 Å². The van der Waals surface area contributed by atoms with E-state index in [2.05, 4.69) is 24.4 Å². The van der Waals surface area contributed by atoms with Crippen LogP contribution in [0.2, 0.25) is 0 Å². The van der Waals surface area contributed by atoms with E-state index in [1.165, 1.54) is 28.2 Å². The van der Waals surface area contributed by atoms with Crippen LogP contribution in [0.3, 0.4) is 0 Å². The standard InChI is InChI=1S/C18H19FN2O/c1-12-5-3-4-6-15(12)16-11-17(16)20-18(22)21(2)14-9-7-13(19)8-10-14/h3-10,16-17H,11H2,1-2H3,(H,20,22)/t16-,17+/m0/s1. The van der Waals surface area contributed by atoms with Crippen molar-refractivity contribution < 1.29 is 9.18 Å². The van der Waals surface area contributed by atoms with Gasteiger partial charge in [-0.1, -0.05) is 24.3 Å². The molecule has 0 spiro atoms. The molecule has 4 heteroatoms. The summed E-state index contributed by atoms with van der Waals surface area (Å²) in [6.45, 7) is 2.09. The minimum Gasteiger partial charge on any atom is -0.334 e. The van der Waals surface area contributed by atoms with Gasteiger partial charge in [-0.2, -0.15) is 0 Å². The average molecular weight is 298 g/mol. The molecule has 0 radical (unpaired) electrons. The second kappa shape index (κ2) is 5.79. The first kappa shape index (κ1) is 14.6. The molecule has 2 aromatic carbocycles. The fourth-order valence-corrected chi connectivity index (χ4v) is 2.74. The van der Waals surface area contributed by atoms with Crippen molar-refractivity contribution in [2.24, 2.45) is 0 Å². The molecule has 0 aliphatic heterocycles. The number of anilines is 1. The Bertz CT molecular complexity index is 684. The smallest absolute Gasteiger partial charge is 0.321 e. The monoisotopic (exact) mass is 298 g/mol. The molecule has 3 rings (SSSR count). The molecule has 0 heterocycles. The van der Waals surface area contributed by atoms with E-state index in [0.717, 1.165) is 6.42 Å². The van der Waals surface area contributed by atoms with Gasteiger partial charge in [0.1, 0.15) is 5.82 Å². The van der Waals surface area contributed by atoms with Crippen LogP contribution in [0, 0.1) is 12.7 Å². The molecular weight excluding hydrogens is 279 g/mol. The normalized spacial score (nSPS) is 19.6. The maximum Gasteiger partial charge on any atom is 0.321 e. The van der Waals surface area contributed by atoms with E-state index < -0.39 is 0 Å². The highest BCUT2D eigenvalue weighted by molar-refractivity contribution is 5.91. The largest absolute Gasteiger partial charge is 0.334 e. The summed E-state index contributed by atoms with van der Waals surface area (Å²) in [6.07, 6.45) is 0.966. The third kappa shape index (κ3) is 2.96. The number of nitrogens with zero attached hydrogens (tertiary/aromatic N) is 1. The number of hydrogen-bond acceptors (Lipinski definition) is 1. The second-order valence-corrected chi connectivity index (χ2v) is 5.79. The Balaban J connectivity index is 1.61. The van der Waals surface area contributed by atoms with Crippen molar-refractivity contribution in [2.45, 2.75) is 25.3 Å². The second-order valence-electron chi connectivity index (χ2n) is 5.79. The lowest BCUT2D eigenvalue weighted by Crippen LogP contribution is -2.39.